The number of nitrogen functional groups attached to an aromatic ring is 2. The van der Waals surface area contributed by atoms with E-state index in [4.69, 9.17) is 11.5 Å². The molecule has 2 aromatic carbocycles. The minimum Gasteiger partial charge on any atom is -0.399 e. The lowest BCUT2D eigenvalue weighted by molar-refractivity contribution is 0.575. The summed E-state index contributed by atoms with van der Waals surface area (Å²) in [7, 11) is 0. The largest absolute Gasteiger partial charge is 0.399 e. The zero-order chi connectivity index (χ0) is 17.2. The van der Waals surface area contributed by atoms with Gasteiger partial charge in [-0.15, -0.1) is 0 Å². The van der Waals surface area contributed by atoms with E-state index in [1.165, 1.54) is 68.1 Å². The van der Waals surface area contributed by atoms with Crippen LogP contribution in [0.25, 0.3) is 11.1 Å². The molecule has 24 heavy (non-hydrogen) atoms. The van der Waals surface area contributed by atoms with Crippen molar-refractivity contribution < 1.29 is 0 Å². The number of aryl methyl sites for hydroxylation is 1. The van der Waals surface area contributed by atoms with E-state index < -0.39 is 0 Å². The third kappa shape index (κ3) is 5.92. The smallest absolute Gasteiger partial charge is 0.0317 e. The van der Waals surface area contributed by atoms with Crippen LogP contribution in [0, 0.1) is 0 Å². The van der Waals surface area contributed by atoms with Gasteiger partial charge in [0.1, 0.15) is 0 Å². The molecule has 0 heterocycles. The minimum atomic E-state index is 0.804. The molecule has 0 fully saturated rings. The fraction of sp³-hybridized carbons (Fsp3) is 0.455. The molecular weight excluding hydrogens is 292 g/mol. The fourth-order valence-electron chi connectivity index (χ4n) is 3.21. The van der Waals surface area contributed by atoms with Crippen molar-refractivity contribution in [3.8, 4) is 11.1 Å². The molecule has 0 radical (unpaired) electrons. The molecule has 0 aliphatic heterocycles. The van der Waals surface area contributed by atoms with Gasteiger partial charge >= 0.3 is 0 Å². The zero-order valence-corrected chi connectivity index (χ0v) is 15.1. The van der Waals surface area contributed by atoms with Crippen LogP contribution < -0.4 is 11.5 Å². The highest BCUT2D eigenvalue weighted by molar-refractivity contribution is 5.71. The number of unbranched alkanes of at least 4 members (excludes halogenated alkanes) is 7. The molecule has 2 nitrogen and oxygen atoms in total. The first kappa shape index (κ1) is 18.4. The first-order chi connectivity index (χ1) is 11.7. The normalized spacial score (nSPS) is 10.9. The van der Waals surface area contributed by atoms with Crippen LogP contribution in [0.2, 0.25) is 0 Å². The number of hydrogen-bond donors (Lipinski definition) is 2. The van der Waals surface area contributed by atoms with Gasteiger partial charge in [0.05, 0.1) is 0 Å². The summed E-state index contributed by atoms with van der Waals surface area (Å²) in [5.74, 6) is 0. The molecule has 0 aliphatic carbocycles. The van der Waals surface area contributed by atoms with Gasteiger partial charge in [-0.2, -0.15) is 0 Å². The van der Waals surface area contributed by atoms with Crippen molar-refractivity contribution in [1.29, 1.82) is 0 Å². The van der Waals surface area contributed by atoms with Crippen LogP contribution >= 0.6 is 0 Å². The quantitative estimate of drug-likeness (QED) is 0.404. The van der Waals surface area contributed by atoms with Crippen LogP contribution in [0.1, 0.15) is 63.9 Å². The fourth-order valence-corrected chi connectivity index (χ4v) is 3.21. The van der Waals surface area contributed by atoms with E-state index in [1.54, 1.807) is 0 Å². The van der Waals surface area contributed by atoms with Crippen molar-refractivity contribution >= 4 is 11.4 Å². The van der Waals surface area contributed by atoms with Crippen molar-refractivity contribution in [3.63, 3.8) is 0 Å². The molecule has 130 valence electrons. The van der Waals surface area contributed by atoms with Gasteiger partial charge in [0.15, 0.2) is 0 Å². The predicted octanol–water partition coefficient (Wildman–Crippen LogP) is 6.20. The molecule has 2 heteroatoms. The summed E-state index contributed by atoms with van der Waals surface area (Å²) in [6.07, 6.45) is 11.9. The maximum Gasteiger partial charge on any atom is 0.0317 e. The number of rotatable bonds is 10. The molecule has 0 aromatic heterocycles. The van der Waals surface area contributed by atoms with Gasteiger partial charge in [-0.05, 0) is 53.8 Å². The number of nitrogens with two attached hydrogens (primary N) is 2. The second-order valence-electron chi connectivity index (χ2n) is 6.76. The third-order valence-corrected chi connectivity index (χ3v) is 4.65. The van der Waals surface area contributed by atoms with Gasteiger partial charge in [0.2, 0.25) is 0 Å². The molecule has 0 bridgehead atoms. The summed E-state index contributed by atoms with van der Waals surface area (Å²) in [4.78, 5) is 0. The molecule has 2 rings (SSSR count). The second kappa shape index (κ2) is 10.0. The van der Waals surface area contributed by atoms with Crippen molar-refractivity contribution in [1.82, 2.24) is 0 Å². The molecule has 0 saturated carbocycles. The average molecular weight is 325 g/mol. The van der Waals surface area contributed by atoms with E-state index in [0.717, 1.165) is 17.8 Å². The molecular formula is C22H32N2. The van der Waals surface area contributed by atoms with E-state index in [1.807, 2.05) is 18.2 Å². The molecule has 0 aliphatic rings. The molecule has 0 atom stereocenters. The summed E-state index contributed by atoms with van der Waals surface area (Å²) < 4.78 is 0. The second-order valence-corrected chi connectivity index (χ2v) is 6.76. The summed E-state index contributed by atoms with van der Waals surface area (Å²) in [6.45, 7) is 2.27. The number of benzene rings is 2. The van der Waals surface area contributed by atoms with Gasteiger partial charge in [-0.3, -0.25) is 0 Å². The topological polar surface area (TPSA) is 52.0 Å². The predicted molar refractivity (Wildman–Crippen MR) is 107 cm³/mol. The van der Waals surface area contributed by atoms with Gasteiger partial charge in [-0.1, -0.05) is 70.1 Å². The first-order valence-corrected chi connectivity index (χ1v) is 9.45. The van der Waals surface area contributed by atoms with E-state index in [-0.39, 0.29) is 0 Å². The molecule has 0 unspecified atom stereocenters. The lowest BCUT2D eigenvalue weighted by Gasteiger charge is -2.11. The van der Waals surface area contributed by atoms with Crippen LogP contribution in [-0.2, 0) is 6.42 Å². The van der Waals surface area contributed by atoms with Crippen LogP contribution in [0.15, 0.2) is 42.5 Å². The Bertz CT molecular complexity index is 602. The van der Waals surface area contributed by atoms with E-state index in [9.17, 15) is 0 Å². The van der Waals surface area contributed by atoms with E-state index >= 15 is 0 Å². The van der Waals surface area contributed by atoms with Gasteiger partial charge in [-0.25, -0.2) is 0 Å². The van der Waals surface area contributed by atoms with Crippen LogP contribution in [0.5, 0.6) is 0 Å². The highest BCUT2D eigenvalue weighted by Gasteiger charge is 2.06. The Morgan fingerprint density at radius 2 is 1.25 bits per heavy atom. The SMILES string of the molecule is CCCCCCCCCCc1cc(N)ccc1-c1ccc(N)cc1. The molecule has 0 amide bonds. The Labute approximate surface area is 147 Å². The zero-order valence-electron chi connectivity index (χ0n) is 15.1. The van der Waals surface area contributed by atoms with Crippen LogP contribution in [0.4, 0.5) is 11.4 Å². The molecule has 4 N–H and O–H groups in total. The monoisotopic (exact) mass is 324 g/mol. The third-order valence-electron chi connectivity index (χ3n) is 4.65. The number of hydrogen-bond acceptors (Lipinski definition) is 2. The van der Waals surface area contributed by atoms with Gasteiger partial charge in [0.25, 0.3) is 0 Å². The van der Waals surface area contributed by atoms with Gasteiger partial charge < -0.3 is 11.5 Å². The first-order valence-electron chi connectivity index (χ1n) is 9.45. The number of anilines is 2. The van der Waals surface area contributed by atoms with Crippen LogP contribution in [0.3, 0.4) is 0 Å². The summed E-state index contributed by atoms with van der Waals surface area (Å²) >= 11 is 0. The lowest BCUT2D eigenvalue weighted by Crippen LogP contribution is -1.95. The van der Waals surface area contributed by atoms with Crippen molar-refractivity contribution in [2.75, 3.05) is 11.5 Å². The van der Waals surface area contributed by atoms with Crippen molar-refractivity contribution in [3.05, 3.63) is 48.0 Å². The van der Waals surface area contributed by atoms with E-state index in [2.05, 4.69) is 31.2 Å². The Morgan fingerprint density at radius 1 is 0.667 bits per heavy atom. The van der Waals surface area contributed by atoms with Crippen molar-refractivity contribution in [2.45, 2.75) is 64.7 Å². The highest BCUT2D eigenvalue weighted by Crippen LogP contribution is 2.28. The van der Waals surface area contributed by atoms with Crippen LogP contribution in [-0.4, -0.2) is 0 Å². The molecule has 2 aromatic rings. The van der Waals surface area contributed by atoms with Gasteiger partial charge in [0, 0.05) is 11.4 Å². The standard InChI is InChI=1S/C22H32N2/c1-2-3-4-5-6-7-8-9-10-19-17-21(24)15-16-22(19)18-11-13-20(23)14-12-18/h11-17H,2-10,23-24H2,1H3. The maximum atomic E-state index is 6.01. The average Bonchev–Trinajstić information content (AvgIpc) is 2.58. The Morgan fingerprint density at radius 3 is 1.92 bits per heavy atom. The summed E-state index contributed by atoms with van der Waals surface area (Å²) in [5.41, 5.74) is 17.3. The Balaban J connectivity index is 1.88. The maximum absolute atomic E-state index is 6.01. The molecule has 0 saturated heterocycles. The molecule has 0 spiro atoms. The minimum absolute atomic E-state index is 0.804. The van der Waals surface area contributed by atoms with E-state index in [0.29, 0.717) is 0 Å². The Kier molecular flexibility index (Phi) is 7.67. The lowest BCUT2D eigenvalue weighted by atomic mass is 9.95. The summed E-state index contributed by atoms with van der Waals surface area (Å²) in [6, 6.07) is 14.4. The summed E-state index contributed by atoms with van der Waals surface area (Å²) in [5, 5.41) is 0. The van der Waals surface area contributed by atoms with Crippen molar-refractivity contribution in [2.24, 2.45) is 0 Å². The Hall–Kier alpha value is -1.96. The highest BCUT2D eigenvalue weighted by atomic mass is 14.5.